The molecule has 0 aliphatic heterocycles. The van der Waals surface area contributed by atoms with Gasteiger partial charge in [0.1, 0.15) is 35.9 Å². The first-order valence-corrected chi connectivity index (χ1v) is 12.3. The highest BCUT2D eigenvalue weighted by Gasteiger charge is 2.29. The van der Waals surface area contributed by atoms with E-state index in [-0.39, 0.29) is 19.6 Å². The molecule has 0 aliphatic rings. The first-order valence-electron chi connectivity index (χ1n) is 12.3. The van der Waals surface area contributed by atoms with Crippen LogP contribution in [0.15, 0.2) is 60.7 Å². The van der Waals surface area contributed by atoms with Crippen molar-refractivity contribution in [2.45, 2.75) is 77.4 Å². The molecule has 0 bridgehead atoms. The van der Waals surface area contributed by atoms with E-state index in [1.165, 1.54) is 0 Å². The first kappa shape index (κ1) is 29.8. The van der Waals surface area contributed by atoms with Gasteiger partial charge in [-0.25, -0.2) is 9.59 Å². The molecule has 0 heterocycles. The number of amides is 2. The number of rotatable bonds is 11. The van der Waals surface area contributed by atoms with Gasteiger partial charge in [-0.15, -0.1) is 0 Å². The predicted octanol–water partition coefficient (Wildman–Crippen LogP) is 4.68. The van der Waals surface area contributed by atoms with Gasteiger partial charge in [-0.05, 0) is 72.2 Å². The number of aliphatic hydroxyl groups is 1. The molecule has 0 unspecified atom stereocenters. The third kappa shape index (κ3) is 12.9. The van der Waals surface area contributed by atoms with Crippen molar-refractivity contribution in [2.24, 2.45) is 0 Å². The number of nitrogens with one attached hydrogen (secondary N) is 2. The number of carbonyl (C=O) groups excluding carboxylic acids is 2. The van der Waals surface area contributed by atoms with Gasteiger partial charge in [0.05, 0.1) is 18.2 Å². The average molecular weight is 517 g/mol. The summed E-state index contributed by atoms with van der Waals surface area (Å²) in [5.74, 6) is 1.20. The number of hydrogen-bond acceptors (Lipinski definition) is 7. The lowest BCUT2D eigenvalue weighted by Crippen LogP contribution is -2.52. The second-order valence-corrected chi connectivity index (χ2v) is 10.6. The number of benzene rings is 2. The number of aliphatic hydroxyl groups excluding tert-OH is 1. The topological polar surface area (TPSA) is 115 Å². The summed E-state index contributed by atoms with van der Waals surface area (Å²) < 4.78 is 22.4. The lowest BCUT2D eigenvalue weighted by molar-refractivity contribution is 0.0286. The van der Waals surface area contributed by atoms with Crippen LogP contribution in [-0.2, 0) is 9.47 Å². The van der Waals surface area contributed by atoms with Crippen LogP contribution < -0.4 is 20.1 Å². The Hall–Kier alpha value is -3.46. The minimum atomic E-state index is -1.12. The highest BCUT2D eigenvalue weighted by molar-refractivity contribution is 5.68. The van der Waals surface area contributed by atoms with Crippen molar-refractivity contribution in [2.75, 3.05) is 13.2 Å². The van der Waals surface area contributed by atoms with E-state index >= 15 is 0 Å². The van der Waals surface area contributed by atoms with Crippen LogP contribution in [0.1, 0.15) is 48.0 Å². The van der Waals surface area contributed by atoms with Crippen LogP contribution in [0.2, 0.25) is 0 Å². The van der Waals surface area contributed by atoms with Crippen LogP contribution >= 0.6 is 0 Å². The molecule has 9 heteroatoms. The molecule has 2 aromatic rings. The van der Waals surface area contributed by atoms with E-state index in [4.69, 9.17) is 18.9 Å². The number of alkyl carbamates (subject to hydrolysis) is 2. The molecule has 0 fully saturated rings. The van der Waals surface area contributed by atoms with E-state index in [1.54, 1.807) is 65.8 Å². The number of para-hydroxylation sites is 2. The van der Waals surface area contributed by atoms with Gasteiger partial charge in [0.15, 0.2) is 0 Å². The summed E-state index contributed by atoms with van der Waals surface area (Å²) in [6.07, 6.45) is -2.40. The molecule has 0 aliphatic carbocycles. The van der Waals surface area contributed by atoms with Gasteiger partial charge in [0.2, 0.25) is 0 Å². The summed E-state index contributed by atoms with van der Waals surface area (Å²) in [5.41, 5.74) is -1.41. The molecule has 0 aromatic heterocycles. The fraction of sp³-hybridized carbons (Fsp3) is 0.500. The van der Waals surface area contributed by atoms with E-state index in [1.807, 2.05) is 36.4 Å². The maximum atomic E-state index is 12.5. The highest BCUT2D eigenvalue weighted by atomic mass is 16.6. The van der Waals surface area contributed by atoms with Crippen LogP contribution in [0.5, 0.6) is 11.5 Å². The fourth-order valence-corrected chi connectivity index (χ4v) is 3.22. The van der Waals surface area contributed by atoms with Gasteiger partial charge in [-0.2, -0.15) is 0 Å². The molecule has 0 saturated carbocycles. The van der Waals surface area contributed by atoms with Crippen LogP contribution in [0.25, 0.3) is 0 Å². The fourth-order valence-electron chi connectivity index (χ4n) is 3.22. The van der Waals surface area contributed by atoms with Gasteiger partial charge < -0.3 is 34.7 Å². The Balaban J connectivity index is 2.14. The molecule has 2 rings (SSSR count). The molecule has 9 nitrogen and oxygen atoms in total. The molecule has 0 saturated heterocycles. The second-order valence-electron chi connectivity index (χ2n) is 10.6. The minimum Gasteiger partial charge on any atom is -0.491 e. The number of carbonyl (C=O) groups is 2. The standard InChI is InChI=1S/C28H40N2O7/c1-27(2,3)36-25(32)29-20(18-34-21-13-9-7-10-14-21)17-24(31)23(30-26(33)37-28(4,5)6)19-35-22-15-11-8-12-16-22/h7-16,20,23-24,31H,17-19H2,1-6H3,(H,29,32)(H,30,33)/t20-,23-,24-/m0/s1. The van der Waals surface area contributed by atoms with Crippen molar-refractivity contribution in [3.05, 3.63) is 60.7 Å². The van der Waals surface area contributed by atoms with Crippen molar-refractivity contribution < 1.29 is 33.6 Å². The zero-order chi connectivity index (χ0) is 27.5. The van der Waals surface area contributed by atoms with Gasteiger partial charge in [0, 0.05) is 0 Å². The van der Waals surface area contributed by atoms with Crippen molar-refractivity contribution in [3.8, 4) is 11.5 Å². The largest absolute Gasteiger partial charge is 0.491 e. The maximum Gasteiger partial charge on any atom is 0.408 e. The molecule has 37 heavy (non-hydrogen) atoms. The molecule has 0 radical (unpaired) electrons. The Bertz CT molecular complexity index is 956. The van der Waals surface area contributed by atoms with Crippen LogP contribution in [-0.4, -0.2) is 59.9 Å². The maximum absolute atomic E-state index is 12.5. The zero-order valence-electron chi connectivity index (χ0n) is 22.5. The Morgan fingerprint density at radius 3 is 1.62 bits per heavy atom. The molecular formula is C28H40N2O7. The summed E-state index contributed by atoms with van der Waals surface area (Å²) in [4.78, 5) is 25.0. The van der Waals surface area contributed by atoms with Crippen LogP contribution in [0, 0.1) is 0 Å². The van der Waals surface area contributed by atoms with Gasteiger partial charge in [0.25, 0.3) is 0 Å². The third-order valence-electron chi connectivity index (χ3n) is 4.78. The van der Waals surface area contributed by atoms with Gasteiger partial charge in [-0.3, -0.25) is 0 Å². The summed E-state index contributed by atoms with van der Waals surface area (Å²) in [7, 11) is 0. The van der Waals surface area contributed by atoms with Crippen molar-refractivity contribution in [3.63, 3.8) is 0 Å². The Morgan fingerprint density at radius 1 is 0.730 bits per heavy atom. The summed E-state index contributed by atoms with van der Waals surface area (Å²) in [5, 5.41) is 16.6. The Labute approximate surface area is 219 Å². The zero-order valence-corrected chi connectivity index (χ0v) is 22.5. The van der Waals surface area contributed by atoms with Gasteiger partial charge in [-0.1, -0.05) is 36.4 Å². The summed E-state index contributed by atoms with van der Waals surface area (Å²) in [6.45, 7) is 10.6. The van der Waals surface area contributed by atoms with Crippen molar-refractivity contribution in [1.82, 2.24) is 10.6 Å². The van der Waals surface area contributed by atoms with E-state index in [9.17, 15) is 14.7 Å². The Kier molecular flexibility index (Phi) is 11.1. The van der Waals surface area contributed by atoms with Crippen molar-refractivity contribution in [1.29, 1.82) is 0 Å². The summed E-state index contributed by atoms with van der Waals surface area (Å²) >= 11 is 0. The van der Waals surface area contributed by atoms with E-state index in [0.717, 1.165) is 0 Å². The lowest BCUT2D eigenvalue weighted by atomic mass is 10.0. The highest BCUT2D eigenvalue weighted by Crippen LogP contribution is 2.15. The predicted molar refractivity (Wildman–Crippen MR) is 141 cm³/mol. The van der Waals surface area contributed by atoms with E-state index < -0.39 is 41.6 Å². The third-order valence-corrected chi connectivity index (χ3v) is 4.78. The number of hydrogen-bond donors (Lipinski definition) is 3. The molecule has 0 spiro atoms. The van der Waals surface area contributed by atoms with Crippen LogP contribution in [0.3, 0.4) is 0 Å². The normalized spacial score (nSPS) is 14.0. The first-order chi connectivity index (χ1) is 17.3. The SMILES string of the molecule is CC(C)(C)OC(=O)N[C@H](COc1ccccc1)C[C@H](O)[C@H](COc1ccccc1)NC(=O)OC(C)(C)C. The van der Waals surface area contributed by atoms with E-state index in [2.05, 4.69) is 10.6 Å². The average Bonchev–Trinajstić information content (AvgIpc) is 2.79. The van der Waals surface area contributed by atoms with Gasteiger partial charge >= 0.3 is 12.2 Å². The number of ether oxygens (including phenoxy) is 4. The molecule has 3 atom stereocenters. The molecular weight excluding hydrogens is 476 g/mol. The monoisotopic (exact) mass is 516 g/mol. The summed E-state index contributed by atoms with van der Waals surface area (Å²) in [6, 6.07) is 16.7. The van der Waals surface area contributed by atoms with Crippen molar-refractivity contribution >= 4 is 12.2 Å². The molecule has 2 amide bonds. The lowest BCUT2D eigenvalue weighted by Gasteiger charge is -2.29. The molecule has 3 N–H and O–H groups in total. The minimum absolute atomic E-state index is 0.0247. The second kappa shape index (κ2) is 13.7. The quantitative estimate of drug-likeness (QED) is 0.397. The molecule has 204 valence electrons. The molecule has 2 aromatic carbocycles. The van der Waals surface area contributed by atoms with Crippen LogP contribution in [0.4, 0.5) is 9.59 Å². The smallest absolute Gasteiger partial charge is 0.408 e. The van der Waals surface area contributed by atoms with E-state index in [0.29, 0.717) is 11.5 Å². The Morgan fingerprint density at radius 2 is 1.16 bits per heavy atom.